The van der Waals surface area contributed by atoms with E-state index in [0.717, 1.165) is 29.2 Å². The predicted octanol–water partition coefficient (Wildman–Crippen LogP) is 5.07. The second kappa shape index (κ2) is 6.71. The molecule has 1 aromatic carbocycles. The minimum atomic E-state index is 0.925. The van der Waals surface area contributed by atoms with Crippen LogP contribution in [0.5, 0.6) is 0 Å². The molecular formula is C18H19N3S. The number of nitrogens with zero attached hydrogens (tertiary/aromatic N) is 2. The zero-order valence-electron chi connectivity index (χ0n) is 12.8. The highest BCUT2D eigenvalue weighted by Gasteiger charge is 2.09. The van der Waals surface area contributed by atoms with Crippen molar-refractivity contribution in [2.45, 2.75) is 26.7 Å². The molecule has 0 radical (unpaired) electrons. The van der Waals surface area contributed by atoms with Crippen molar-refractivity contribution in [2.24, 2.45) is 0 Å². The van der Waals surface area contributed by atoms with E-state index in [0.29, 0.717) is 0 Å². The molecule has 2 heterocycles. The van der Waals surface area contributed by atoms with Crippen molar-refractivity contribution in [3.05, 3.63) is 59.2 Å². The first kappa shape index (κ1) is 14.7. The summed E-state index contributed by atoms with van der Waals surface area (Å²) in [7, 11) is 0. The van der Waals surface area contributed by atoms with Crippen LogP contribution in [0, 0.1) is 0 Å². The van der Waals surface area contributed by atoms with Gasteiger partial charge in [0, 0.05) is 29.0 Å². The minimum absolute atomic E-state index is 0.925. The Labute approximate surface area is 135 Å². The number of para-hydroxylation sites is 1. The lowest BCUT2D eigenvalue weighted by Gasteiger charge is -2.13. The molecule has 112 valence electrons. The summed E-state index contributed by atoms with van der Waals surface area (Å²) in [6.07, 6.45) is 5.64. The Hall–Kier alpha value is -2.20. The van der Waals surface area contributed by atoms with Crippen LogP contribution in [0.1, 0.15) is 25.0 Å². The summed E-state index contributed by atoms with van der Waals surface area (Å²) in [5, 5.41) is 6.51. The number of benzene rings is 1. The highest BCUT2D eigenvalue weighted by molar-refractivity contribution is 7.14. The molecule has 0 fully saturated rings. The average Bonchev–Trinajstić information content (AvgIpc) is 3.04. The molecule has 3 aromatic rings. The highest BCUT2D eigenvalue weighted by atomic mass is 32.1. The molecule has 0 aliphatic heterocycles. The third kappa shape index (κ3) is 3.02. The van der Waals surface area contributed by atoms with Crippen LogP contribution in [0.15, 0.2) is 48.1 Å². The summed E-state index contributed by atoms with van der Waals surface area (Å²) in [6, 6.07) is 10.5. The van der Waals surface area contributed by atoms with Crippen molar-refractivity contribution in [1.82, 2.24) is 9.97 Å². The lowest BCUT2D eigenvalue weighted by Crippen LogP contribution is -1.99. The van der Waals surface area contributed by atoms with Crippen LogP contribution >= 0.6 is 11.3 Å². The Kier molecular flexibility index (Phi) is 4.49. The summed E-state index contributed by atoms with van der Waals surface area (Å²) in [4.78, 5) is 8.85. The Balaban J connectivity index is 1.90. The Bertz CT molecular complexity index is 728. The first-order valence-corrected chi connectivity index (χ1v) is 8.43. The number of rotatable bonds is 5. The van der Waals surface area contributed by atoms with Crippen molar-refractivity contribution in [3.8, 4) is 11.3 Å². The van der Waals surface area contributed by atoms with E-state index in [1.807, 2.05) is 18.3 Å². The second-order valence-corrected chi connectivity index (χ2v) is 5.92. The molecule has 3 rings (SSSR count). The molecule has 0 spiro atoms. The van der Waals surface area contributed by atoms with Gasteiger partial charge < -0.3 is 5.32 Å². The van der Waals surface area contributed by atoms with Gasteiger partial charge >= 0.3 is 0 Å². The standard InChI is InChI=1S/C18H19N3S/c1-3-13-7-5-8-14(4-2)17(13)21-18-20-16(12-22-18)15-9-6-10-19-11-15/h5-12H,3-4H2,1-2H3,(H,20,21). The van der Waals surface area contributed by atoms with Crippen molar-refractivity contribution in [2.75, 3.05) is 5.32 Å². The van der Waals surface area contributed by atoms with Crippen LogP contribution in [0.25, 0.3) is 11.3 Å². The zero-order chi connectivity index (χ0) is 15.4. The maximum Gasteiger partial charge on any atom is 0.187 e. The van der Waals surface area contributed by atoms with Crippen LogP contribution < -0.4 is 5.32 Å². The second-order valence-electron chi connectivity index (χ2n) is 5.06. The van der Waals surface area contributed by atoms with Crippen LogP contribution in [0.2, 0.25) is 0 Å². The fourth-order valence-corrected chi connectivity index (χ4v) is 3.21. The number of hydrogen-bond acceptors (Lipinski definition) is 4. The van der Waals surface area contributed by atoms with Gasteiger partial charge in [-0.1, -0.05) is 32.0 Å². The van der Waals surface area contributed by atoms with Crippen molar-refractivity contribution >= 4 is 22.2 Å². The van der Waals surface area contributed by atoms with E-state index < -0.39 is 0 Å². The van der Waals surface area contributed by atoms with Gasteiger partial charge in [0.15, 0.2) is 5.13 Å². The summed E-state index contributed by atoms with van der Waals surface area (Å²) < 4.78 is 0. The van der Waals surface area contributed by atoms with E-state index in [9.17, 15) is 0 Å². The molecule has 0 saturated heterocycles. The highest BCUT2D eigenvalue weighted by Crippen LogP contribution is 2.30. The quantitative estimate of drug-likeness (QED) is 0.714. The topological polar surface area (TPSA) is 37.8 Å². The molecule has 22 heavy (non-hydrogen) atoms. The zero-order valence-corrected chi connectivity index (χ0v) is 13.7. The third-order valence-electron chi connectivity index (χ3n) is 3.69. The van der Waals surface area contributed by atoms with Crippen molar-refractivity contribution in [3.63, 3.8) is 0 Å². The van der Waals surface area contributed by atoms with E-state index in [4.69, 9.17) is 4.98 Å². The van der Waals surface area contributed by atoms with Gasteiger partial charge in [0.25, 0.3) is 0 Å². The minimum Gasteiger partial charge on any atom is -0.331 e. The SMILES string of the molecule is CCc1cccc(CC)c1Nc1nc(-c2cccnc2)cs1. The molecule has 0 aliphatic rings. The fourth-order valence-electron chi connectivity index (χ4n) is 2.49. The average molecular weight is 309 g/mol. The van der Waals surface area contributed by atoms with Gasteiger partial charge in [-0.25, -0.2) is 4.98 Å². The number of nitrogens with one attached hydrogen (secondary N) is 1. The first-order chi connectivity index (χ1) is 10.8. The van der Waals surface area contributed by atoms with Gasteiger partial charge in [0.2, 0.25) is 0 Å². The Morgan fingerprint density at radius 2 is 1.82 bits per heavy atom. The largest absolute Gasteiger partial charge is 0.331 e. The Morgan fingerprint density at radius 3 is 2.45 bits per heavy atom. The van der Waals surface area contributed by atoms with Crippen LogP contribution in [-0.2, 0) is 12.8 Å². The number of aromatic nitrogens is 2. The van der Waals surface area contributed by atoms with E-state index in [1.165, 1.54) is 16.8 Å². The van der Waals surface area contributed by atoms with E-state index >= 15 is 0 Å². The molecule has 0 bridgehead atoms. The number of pyridine rings is 1. The van der Waals surface area contributed by atoms with Crippen molar-refractivity contribution < 1.29 is 0 Å². The molecule has 0 amide bonds. The number of hydrogen-bond donors (Lipinski definition) is 1. The normalized spacial score (nSPS) is 10.6. The lowest BCUT2D eigenvalue weighted by molar-refractivity contribution is 1.09. The number of anilines is 2. The molecule has 2 aromatic heterocycles. The molecule has 4 heteroatoms. The van der Waals surface area contributed by atoms with E-state index in [2.05, 4.69) is 47.7 Å². The van der Waals surface area contributed by atoms with E-state index in [1.54, 1.807) is 17.5 Å². The molecule has 0 unspecified atom stereocenters. The van der Waals surface area contributed by atoms with Crippen LogP contribution in [0.3, 0.4) is 0 Å². The first-order valence-electron chi connectivity index (χ1n) is 7.55. The van der Waals surface area contributed by atoms with Crippen LogP contribution in [0.4, 0.5) is 10.8 Å². The summed E-state index contributed by atoms with van der Waals surface area (Å²) in [6.45, 7) is 4.37. The van der Waals surface area contributed by atoms with Gasteiger partial charge in [0.05, 0.1) is 5.69 Å². The smallest absolute Gasteiger partial charge is 0.187 e. The molecule has 1 N–H and O–H groups in total. The van der Waals surface area contributed by atoms with Gasteiger partial charge in [-0.15, -0.1) is 11.3 Å². The maximum absolute atomic E-state index is 4.69. The third-order valence-corrected chi connectivity index (χ3v) is 4.45. The summed E-state index contributed by atoms with van der Waals surface area (Å²) in [5.74, 6) is 0. The lowest BCUT2D eigenvalue weighted by atomic mass is 10.0. The van der Waals surface area contributed by atoms with Gasteiger partial charge in [-0.3, -0.25) is 4.98 Å². The van der Waals surface area contributed by atoms with Gasteiger partial charge in [-0.2, -0.15) is 0 Å². The number of thiazole rings is 1. The van der Waals surface area contributed by atoms with Gasteiger partial charge in [0.1, 0.15) is 0 Å². The van der Waals surface area contributed by atoms with Gasteiger partial charge in [-0.05, 0) is 36.1 Å². The summed E-state index contributed by atoms with van der Waals surface area (Å²) >= 11 is 1.63. The Morgan fingerprint density at radius 1 is 1.05 bits per heavy atom. The molecule has 0 atom stereocenters. The van der Waals surface area contributed by atoms with Crippen molar-refractivity contribution in [1.29, 1.82) is 0 Å². The molecule has 3 nitrogen and oxygen atoms in total. The fraction of sp³-hybridized carbons (Fsp3) is 0.222. The molecule has 0 aliphatic carbocycles. The van der Waals surface area contributed by atoms with Crippen LogP contribution in [-0.4, -0.2) is 9.97 Å². The molecular weight excluding hydrogens is 290 g/mol. The molecule has 0 saturated carbocycles. The van der Waals surface area contributed by atoms with E-state index in [-0.39, 0.29) is 0 Å². The monoisotopic (exact) mass is 309 g/mol. The maximum atomic E-state index is 4.69. The predicted molar refractivity (Wildman–Crippen MR) is 93.8 cm³/mol. The number of aryl methyl sites for hydroxylation is 2. The summed E-state index contributed by atoms with van der Waals surface area (Å²) in [5.41, 5.74) is 5.88.